The van der Waals surface area contributed by atoms with Crippen molar-refractivity contribution < 1.29 is 19.4 Å². The van der Waals surface area contributed by atoms with E-state index in [1.54, 1.807) is 25.3 Å². The van der Waals surface area contributed by atoms with Crippen LogP contribution in [-0.4, -0.2) is 47.0 Å². The Morgan fingerprint density at radius 1 is 1.60 bits per heavy atom. The van der Waals surface area contributed by atoms with Gasteiger partial charge in [0.25, 0.3) is 0 Å². The largest absolute Gasteiger partial charge is 0.497 e. The fourth-order valence-corrected chi connectivity index (χ4v) is 2.62. The van der Waals surface area contributed by atoms with Crippen molar-refractivity contribution in [3.05, 3.63) is 29.8 Å². The Labute approximate surface area is 122 Å². The number of carboxylic acids is 1. The normalized spacial score (nSPS) is 20.0. The average Bonchev–Trinajstić information content (AvgIpc) is 2.74. The van der Waals surface area contributed by atoms with Crippen molar-refractivity contribution >= 4 is 23.5 Å². The van der Waals surface area contributed by atoms with Crippen LogP contribution < -0.4 is 4.74 Å². The topological polar surface area (TPSA) is 66.8 Å². The van der Waals surface area contributed by atoms with Gasteiger partial charge in [0, 0.05) is 19.4 Å². The summed E-state index contributed by atoms with van der Waals surface area (Å²) in [5.74, 6) is -0.568. The molecule has 1 heterocycles. The third kappa shape index (κ3) is 3.22. The second-order valence-electron chi connectivity index (χ2n) is 4.76. The van der Waals surface area contributed by atoms with E-state index < -0.39 is 12.0 Å². The van der Waals surface area contributed by atoms with Crippen LogP contribution in [0.4, 0.5) is 0 Å². The number of carbonyl (C=O) groups is 2. The van der Waals surface area contributed by atoms with Gasteiger partial charge >= 0.3 is 5.97 Å². The molecule has 20 heavy (non-hydrogen) atoms. The first-order chi connectivity index (χ1) is 9.51. The molecule has 2 atom stereocenters. The SMILES string of the molecule is COc1cccc(CC(C(=O)O)N2CC(Cl)CC2=O)c1. The Bertz CT molecular complexity index is 520. The first-order valence-electron chi connectivity index (χ1n) is 6.30. The van der Waals surface area contributed by atoms with Crippen LogP contribution in [0.25, 0.3) is 0 Å². The van der Waals surface area contributed by atoms with Gasteiger partial charge in [-0.25, -0.2) is 4.79 Å². The van der Waals surface area contributed by atoms with Gasteiger partial charge in [0.15, 0.2) is 0 Å². The highest BCUT2D eigenvalue weighted by Gasteiger charge is 2.36. The molecule has 0 bridgehead atoms. The fourth-order valence-electron chi connectivity index (χ4n) is 2.34. The predicted octanol–water partition coefficient (Wildman–Crippen LogP) is 1.53. The summed E-state index contributed by atoms with van der Waals surface area (Å²) in [7, 11) is 1.55. The molecule has 6 heteroatoms. The minimum atomic E-state index is -1.02. The molecule has 1 aliphatic heterocycles. The molecule has 0 aromatic heterocycles. The molecule has 0 aliphatic carbocycles. The summed E-state index contributed by atoms with van der Waals surface area (Å²) in [5.41, 5.74) is 0.808. The van der Waals surface area contributed by atoms with Crippen molar-refractivity contribution in [1.82, 2.24) is 4.90 Å². The Kier molecular flexibility index (Phi) is 4.49. The van der Waals surface area contributed by atoms with Crippen molar-refractivity contribution in [2.24, 2.45) is 0 Å². The molecule has 1 aromatic carbocycles. The van der Waals surface area contributed by atoms with E-state index in [0.29, 0.717) is 5.75 Å². The number of carboxylic acid groups (broad SMARTS) is 1. The summed E-state index contributed by atoms with van der Waals surface area (Å²) in [6.45, 7) is 0.279. The Balaban J connectivity index is 2.17. The Morgan fingerprint density at radius 3 is 2.90 bits per heavy atom. The van der Waals surface area contributed by atoms with E-state index in [9.17, 15) is 14.7 Å². The van der Waals surface area contributed by atoms with E-state index in [0.717, 1.165) is 5.56 Å². The number of likely N-dealkylation sites (tertiary alicyclic amines) is 1. The summed E-state index contributed by atoms with van der Waals surface area (Å²) in [4.78, 5) is 24.6. The molecule has 0 spiro atoms. The molecular formula is C14H16ClNO4. The molecule has 1 N–H and O–H groups in total. The lowest BCUT2D eigenvalue weighted by atomic mass is 10.0. The zero-order chi connectivity index (χ0) is 14.7. The average molecular weight is 298 g/mol. The Hall–Kier alpha value is -1.75. The van der Waals surface area contributed by atoms with Crippen molar-refractivity contribution in [2.45, 2.75) is 24.3 Å². The number of alkyl halides is 1. The third-order valence-electron chi connectivity index (χ3n) is 3.34. The summed E-state index contributed by atoms with van der Waals surface area (Å²) in [5, 5.41) is 9.05. The zero-order valence-corrected chi connectivity index (χ0v) is 11.8. The molecule has 2 rings (SSSR count). The quantitative estimate of drug-likeness (QED) is 0.837. The van der Waals surface area contributed by atoms with Gasteiger partial charge < -0.3 is 14.7 Å². The predicted molar refractivity (Wildman–Crippen MR) is 74.1 cm³/mol. The van der Waals surface area contributed by atoms with Crippen LogP contribution in [0, 0.1) is 0 Å². The van der Waals surface area contributed by atoms with Gasteiger partial charge in [-0.2, -0.15) is 0 Å². The van der Waals surface area contributed by atoms with Crippen LogP contribution in [0.2, 0.25) is 0 Å². The number of halogens is 1. The molecule has 1 amide bonds. The van der Waals surface area contributed by atoms with E-state index >= 15 is 0 Å². The monoisotopic (exact) mass is 297 g/mol. The highest BCUT2D eigenvalue weighted by molar-refractivity contribution is 6.22. The van der Waals surface area contributed by atoms with E-state index in [2.05, 4.69) is 0 Å². The van der Waals surface area contributed by atoms with Gasteiger partial charge in [0.2, 0.25) is 5.91 Å². The maximum absolute atomic E-state index is 11.8. The number of benzene rings is 1. The van der Waals surface area contributed by atoms with Crippen molar-refractivity contribution in [3.8, 4) is 5.75 Å². The summed E-state index contributed by atoms with van der Waals surface area (Å²) < 4.78 is 5.11. The van der Waals surface area contributed by atoms with Crippen molar-refractivity contribution in [2.75, 3.05) is 13.7 Å². The van der Waals surface area contributed by atoms with Crippen LogP contribution >= 0.6 is 11.6 Å². The molecule has 1 saturated heterocycles. The molecule has 1 fully saturated rings. The molecule has 0 radical (unpaired) electrons. The van der Waals surface area contributed by atoms with Crippen LogP contribution in [-0.2, 0) is 16.0 Å². The minimum Gasteiger partial charge on any atom is -0.497 e. The minimum absolute atomic E-state index is 0.198. The molecule has 0 saturated carbocycles. The molecule has 1 aliphatic rings. The lowest BCUT2D eigenvalue weighted by Gasteiger charge is -2.24. The summed E-state index contributed by atoms with van der Waals surface area (Å²) >= 11 is 5.93. The van der Waals surface area contributed by atoms with Crippen molar-refractivity contribution in [3.63, 3.8) is 0 Å². The van der Waals surface area contributed by atoms with E-state index in [1.165, 1.54) is 4.90 Å². The van der Waals surface area contributed by atoms with Gasteiger partial charge in [-0.05, 0) is 17.7 Å². The second kappa shape index (κ2) is 6.13. The fraction of sp³-hybridized carbons (Fsp3) is 0.429. The number of aliphatic carboxylic acids is 1. The van der Waals surface area contributed by atoms with Crippen LogP contribution in [0.1, 0.15) is 12.0 Å². The number of amides is 1. The highest BCUT2D eigenvalue weighted by atomic mass is 35.5. The van der Waals surface area contributed by atoms with Crippen LogP contribution in [0.5, 0.6) is 5.75 Å². The van der Waals surface area contributed by atoms with Gasteiger partial charge in [-0.1, -0.05) is 12.1 Å². The van der Waals surface area contributed by atoms with Crippen LogP contribution in [0.15, 0.2) is 24.3 Å². The zero-order valence-electron chi connectivity index (χ0n) is 11.1. The number of hydrogen-bond acceptors (Lipinski definition) is 3. The summed E-state index contributed by atoms with van der Waals surface area (Å²) in [6, 6.07) is 6.28. The number of carbonyl (C=O) groups excluding carboxylic acids is 1. The second-order valence-corrected chi connectivity index (χ2v) is 5.37. The van der Waals surface area contributed by atoms with Crippen molar-refractivity contribution in [1.29, 1.82) is 0 Å². The standard InChI is InChI=1S/C14H16ClNO4/c1-20-11-4-2-3-9(5-11)6-12(14(18)19)16-8-10(15)7-13(16)17/h2-5,10,12H,6-8H2,1H3,(H,18,19). The third-order valence-corrected chi connectivity index (χ3v) is 3.63. The van der Waals surface area contributed by atoms with E-state index in [4.69, 9.17) is 16.3 Å². The Morgan fingerprint density at radius 2 is 2.35 bits per heavy atom. The van der Waals surface area contributed by atoms with Gasteiger partial charge in [0.1, 0.15) is 11.8 Å². The summed E-state index contributed by atoms with van der Waals surface area (Å²) in [6.07, 6.45) is 0.436. The van der Waals surface area contributed by atoms with E-state index in [-0.39, 0.29) is 30.7 Å². The lowest BCUT2D eigenvalue weighted by molar-refractivity contribution is -0.148. The van der Waals surface area contributed by atoms with Crippen LogP contribution in [0.3, 0.4) is 0 Å². The number of nitrogens with zero attached hydrogens (tertiary/aromatic N) is 1. The lowest BCUT2D eigenvalue weighted by Crippen LogP contribution is -2.43. The first-order valence-corrected chi connectivity index (χ1v) is 6.74. The smallest absolute Gasteiger partial charge is 0.326 e. The molecule has 108 valence electrons. The molecule has 1 aromatic rings. The molecular weight excluding hydrogens is 282 g/mol. The molecule has 5 nitrogen and oxygen atoms in total. The number of hydrogen-bond donors (Lipinski definition) is 1. The molecule has 2 unspecified atom stereocenters. The highest BCUT2D eigenvalue weighted by Crippen LogP contribution is 2.22. The number of rotatable bonds is 5. The first kappa shape index (κ1) is 14.7. The van der Waals surface area contributed by atoms with E-state index in [1.807, 2.05) is 6.07 Å². The number of methoxy groups -OCH3 is 1. The van der Waals surface area contributed by atoms with Gasteiger partial charge in [-0.15, -0.1) is 11.6 Å². The van der Waals surface area contributed by atoms with Gasteiger partial charge in [-0.3, -0.25) is 4.79 Å². The number of ether oxygens (including phenoxy) is 1. The maximum Gasteiger partial charge on any atom is 0.326 e. The maximum atomic E-state index is 11.8. The van der Waals surface area contributed by atoms with Gasteiger partial charge in [0.05, 0.1) is 12.5 Å².